The maximum Gasteiger partial charge on any atom is 0.272 e. The molecule has 2 aromatic rings. The number of nitrogens with zero attached hydrogens (tertiary/aromatic N) is 5. The van der Waals surface area contributed by atoms with E-state index < -0.39 is 0 Å². The number of hydrogen-bond donors (Lipinski definition) is 1. The van der Waals surface area contributed by atoms with Crippen molar-refractivity contribution in [2.45, 2.75) is 44.6 Å². The summed E-state index contributed by atoms with van der Waals surface area (Å²) >= 11 is 0. The number of amides is 1. The molecule has 1 saturated carbocycles. The molecule has 2 aliphatic rings. The summed E-state index contributed by atoms with van der Waals surface area (Å²) in [6, 6.07) is 1.69. The minimum Gasteiger partial charge on any atom is -0.366 e. The molecule has 1 atom stereocenters. The molecule has 2 fully saturated rings. The lowest BCUT2D eigenvalue weighted by Gasteiger charge is -2.31. The van der Waals surface area contributed by atoms with Crippen molar-refractivity contribution in [2.75, 3.05) is 19.7 Å². The molecule has 4 rings (SSSR count). The third-order valence-corrected chi connectivity index (χ3v) is 4.51. The maximum atomic E-state index is 12.8. The normalized spacial score (nSPS) is 20.7. The molecule has 25 heavy (non-hydrogen) atoms. The average Bonchev–Trinajstić information content (AvgIpc) is 3.41. The van der Waals surface area contributed by atoms with Gasteiger partial charge in [0.1, 0.15) is 23.4 Å². The van der Waals surface area contributed by atoms with Gasteiger partial charge in [0.05, 0.1) is 13.2 Å². The van der Waals surface area contributed by atoms with Crippen LogP contribution in [0.15, 0.2) is 12.3 Å². The molecule has 0 spiro atoms. The van der Waals surface area contributed by atoms with Gasteiger partial charge in [-0.1, -0.05) is 6.92 Å². The number of aryl methyl sites for hydroxylation is 1. The Morgan fingerprint density at radius 3 is 3.04 bits per heavy atom. The van der Waals surface area contributed by atoms with E-state index in [0.29, 0.717) is 37.1 Å². The highest BCUT2D eigenvalue weighted by molar-refractivity contribution is 5.92. The molecule has 0 aromatic carbocycles. The van der Waals surface area contributed by atoms with Gasteiger partial charge in [-0.2, -0.15) is 5.10 Å². The lowest BCUT2D eigenvalue weighted by Crippen LogP contribution is -2.43. The number of hydrogen-bond acceptors (Lipinski definition) is 6. The third-order valence-electron chi connectivity index (χ3n) is 4.51. The Bertz CT molecular complexity index is 757. The average molecular weight is 342 g/mol. The Kier molecular flexibility index (Phi) is 4.44. The predicted molar refractivity (Wildman–Crippen MR) is 89.0 cm³/mol. The van der Waals surface area contributed by atoms with Crippen LogP contribution in [0, 0.1) is 0 Å². The van der Waals surface area contributed by atoms with Crippen LogP contribution in [0.3, 0.4) is 0 Å². The topological polar surface area (TPSA) is 96.9 Å². The molecule has 1 aliphatic carbocycles. The van der Waals surface area contributed by atoms with Crippen LogP contribution in [-0.4, -0.2) is 55.7 Å². The molecular formula is C17H22N6O2. The quantitative estimate of drug-likeness (QED) is 0.887. The second kappa shape index (κ2) is 6.87. The van der Waals surface area contributed by atoms with Crippen molar-refractivity contribution in [1.29, 1.82) is 0 Å². The van der Waals surface area contributed by atoms with Crippen molar-refractivity contribution >= 4 is 5.91 Å². The highest BCUT2D eigenvalue weighted by Gasteiger charge is 2.31. The van der Waals surface area contributed by atoms with Gasteiger partial charge in [-0.25, -0.2) is 15.0 Å². The van der Waals surface area contributed by atoms with E-state index in [4.69, 9.17) is 4.74 Å². The van der Waals surface area contributed by atoms with Gasteiger partial charge in [-0.05, 0) is 25.3 Å². The zero-order valence-electron chi connectivity index (χ0n) is 14.3. The molecule has 8 nitrogen and oxygen atoms in total. The van der Waals surface area contributed by atoms with Crippen molar-refractivity contribution in [1.82, 2.24) is 30.0 Å². The van der Waals surface area contributed by atoms with E-state index in [0.717, 1.165) is 37.3 Å². The molecule has 2 aromatic heterocycles. The summed E-state index contributed by atoms with van der Waals surface area (Å²) in [5.41, 5.74) is 0.458. The first-order chi connectivity index (χ1) is 12.2. The van der Waals surface area contributed by atoms with Crippen LogP contribution >= 0.6 is 0 Å². The lowest BCUT2D eigenvalue weighted by molar-refractivity contribution is -0.0268. The summed E-state index contributed by atoms with van der Waals surface area (Å²) in [6.07, 6.45) is 5.46. The number of H-pyrrole nitrogens is 1. The minimum atomic E-state index is -0.302. The van der Waals surface area contributed by atoms with Crippen molar-refractivity contribution in [3.05, 3.63) is 35.4 Å². The fourth-order valence-electron chi connectivity index (χ4n) is 2.99. The molecule has 8 heteroatoms. The number of rotatable bonds is 5. The molecule has 0 bridgehead atoms. The smallest absolute Gasteiger partial charge is 0.272 e. The van der Waals surface area contributed by atoms with E-state index in [1.54, 1.807) is 17.2 Å². The summed E-state index contributed by atoms with van der Waals surface area (Å²) in [4.78, 5) is 27.8. The van der Waals surface area contributed by atoms with E-state index in [9.17, 15) is 4.79 Å². The fraction of sp³-hybridized carbons (Fsp3) is 0.588. The fourth-order valence-corrected chi connectivity index (χ4v) is 2.99. The Morgan fingerprint density at radius 2 is 2.24 bits per heavy atom. The first-order valence-corrected chi connectivity index (χ1v) is 8.89. The van der Waals surface area contributed by atoms with Gasteiger partial charge in [0.25, 0.3) is 5.91 Å². The van der Waals surface area contributed by atoms with Crippen LogP contribution in [0.2, 0.25) is 0 Å². The van der Waals surface area contributed by atoms with Crippen molar-refractivity contribution < 1.29 is 9.53 Å². The minimum absolute atomic E-state index is 0.0816. The van der Waals surface area contributed by atoms with Gasteiger partial charge in [0, 0.05) is 25.1 Å². The van der Waals surface area contributed by atoms with E-state index in [1.807, 2.05) is 0 Å². The van der Waals surface area contributed by atoms with E-state index >= 15 is 0 Å². The maximum absolute atomic E-state index is 12.8. The molecule has 1 unspecified atom stereocenters. The second-order valence-electron chi connectivity index (χ2n) is 6.58. The molecule has 1 aliphatic heterocycles. The van der Waals surface area contributed by atoms with Crippen molar-refractivity contribution in [2.24, 2.45) is 0 Å². The Balaban J connectivity index is 1.46. The third kappa shape index (κ3) is 3.53. The van der Waals surface area contributed by atoms with Crippen molar-refractivity contribution in [3.63, 3.8) is 0 Å². The van der Waals surface area contributed by atoms with Gasteiger partial charge in [-0.3, -0.25) is 9.89 Å². The number of carbonyl (C=O) groups excluding carboxylic acids is 1. The van der Waals surface area contributed by atoms with Gasteiger partial charge in [-0.15, -0.1) is 0 Å². The number of aromatic amines is 1. The summed E-state index contributed by atoms with van der Waals surface area (Å²) in [6.45, 7) is 3.54. The zero-order valence-corrected chi connectivity index (χ0v) is 14.3. The van der Waals surface area contributed by atoms with E-state index in [-0.39, 0.29) is 12.0 Å². The number of ether oxygens (including phenoxy) is 1. The lowest BCUT2D eigenvalue weighted by atomic mass is 10.2. The van der Waals surface area contributed by atoms with Crippen LogP contribution < -0.4 is 0 Å². The molecule has 1 N–H and O–H groups in total. The molecule has 132 valence electrons. The van der Waals surface area contributed by atoms with Crippen LogP contribution in [0.5, 0.6) is 0 Å². The number of aromatic nitrogens is 5. The summed E-state index contributed by atoms with van der Waals surface area (Å²) in [5.74, 6) is 2.60. The Morgan fingerprint density at radius 1 is 1.36 bits per heavy atom. The number of morpholine rings is 1. The molecule has 1 amide bonds. The molecule has 1 saturated heterocycles. The van der Waals surface area contributed by atoms with Crippen molar-refractivity contribution in [3.8, 4) is 0 Å². The molecular weight excluding hydrogens is 320 g/mol. The Hall–Kier alpha value is -2.35. The van der Waals surface area contributed by atoms with Gasteiger partial charge >= 0.3 is 0 Å². The summed E-state index contributed by atoms with van der Waals surface area (Å²) < 4.78 is 5.77. The molecule has 3 heterocycles. The van der Waals surface area contributed by atoms with Crippen LogP contribution in [0.4, 0.5) is 0 Å². The number of nitrogens with one attached hydrogen (secondary N) is 1. The largest absolute Gasteiger partial charge is 0.366 e. The van der Waals surface area contributed by atoms with Gasteiger partial charge in [0.15, 0.2) is 5.82 Å². The highest BCUT2D eigenvalue weighted by Crippen LogP contribution is 2.37. The van der Waals surface area contributed by atoms with Crippen LogP contribution in [0.1, 0.15) is 66.2 Å². The highest BCUT2D eigenvalue weighted by atomic mass is 16.5. The van der Waals surface area contributed by atoms with E-state index in [1.165, 1.54) is 0 Å². The monoisotopic (exact) mass is 342 g/mol. The Labute approximate surface area is 146 Å². The summed E-state index contributed by atoms with van der Waals surface area (Å²) in [5, 5.41) is 7.19. The van der Waals surface area contributed by atoms with Gasteiger partial charge in [0.2, 0.25) is 0 Å². The summed E-state index contributed by atoms with van der Waals surface area (Å²) in [7, 11) is 0. The first-order valence-electron chi connectivity index (χ1n) is 8.89. The molecule has 0 radical (unpaired) electrons. The van der Waals surface area contributed by atoms with E-state index in [2.05, 4.69) is 32.1 Å². The standard InChI is InChI=1S/C17H22N6O2/c1-2-3-14-20-16(22-21-14)13-10-23(8-9-25-13)17(24)12-6-7-18-15(19-12)11-4-5-11/h6-7,11,13H,2-5,8-10H2,1H3,(H,20,21,22). The van der Waals surface area contributed by atoms with Crippen LogP contribution in [0.25, 0.3) is 0 Å². The zero-order chi connectivity index (χ0) is 17.2. The van der Waals surface area contributed by atoms with Crippen LogP contribution in [-0.2, 0) is 11.2 Å². The predicted octanol–water partition coefficient (Wildman–Crippen LogP) is 1.64. The first kappa shape index (κ1) is 16.1. The SMILES string of the molecule is CCCc1nc(C2CN(C(=O)c3ccnc(C4CC4)n3)CCO2)n[nH]1. The number of carbonyl (C=O) groups is 1. The second-order valence-corrected chi connectivity index (χ2v) is 6.58. The van der Waals surface area contributed by atoms with Gasteiger partial charge < -0.3 is 9.64 Å².